The minimum Gasteiger partial charge on any atom is -0.508 e. The van der Waals surface area contributed by atoms with Crippen molar-refractivity contribution < 1.29 is 14.6 Å². The highest BCUT2D eigenvalue weighted by atomic mass is 16.5. The van der Waals surface area contributed by atoms with Crippen molar-refractivity contribution >= 4 is 5.97 Å². The van der Waals surface area contributed by atoms with Gasteiger partial charge in [0.1, 0.15) is 11.9 Å². The lowest BCUT2D eigenvalue weighted by Gasteiger charge is -2.24. The van der Waals surface area contributed by atoms with E-state index >= 15 is 0 Å². The van der Waals surface area contributed by atoms with Crippen LogP contribution < -0.4 is 0 Å². The Labute approximate surface area is 108 Å². The SMILES string of the molecule is Cc1ccc(O)c(C)c1[C@H]1OC(=O)C[C@@H]1C(C)C. The molecule has 1 fully saturated rings. The van der Waals surface area contributed by atoms with Crippen LogP contribution in [0.2, 0.25) is 0 Å². The number of ether oxygens (including phenoxy) is 1. The average Bonchev–Trinajstić information content (AvgIpc) is 2.67. The summed E-state index contributed by atoms with van der Waals surface area (Å²) in [6.07, 6.45) is 0.251. The van der Waals surface area contributed by atoms with E-state index < -0.39 is 0 Å². The summed E-state index contributed by atoms with van der Waals surface area (Å²) in [4.78, 5) is 11.6. The molecule has 18 heavy (non-hydrogen) atoms. The molecule has 1 heterocycles. The Balaban J connectivity index is 2.48. The van der Waals surface area contributed by atoms with Crippen LogP contribution in [0.25, 0.3) is 0 Å². The average molecular weight is 248 g/mol. The number of cyclic esters (lactones) is 1. The van der Waals surface area contributed by atoms with Crippen LogP contribution in [-0.2, 0) is 9.53 Å². The van der Waals surface area contributed by atoms with E-state index in [0.717, 1.165) is 16.7 Å². The van der Waals surface area contributed by atoms with Gasteiger partial charge in [0.25, 0.3) is 0 Å². The van der Waals surface area contributed by atoms with Crippen LogP contribution in [-0.4, -0.2) is 11.1 Å². The van der Waals surface area contributed by atoms with E-state index in [-0.39, 0.29) is 23.7 Å². The number of phenolic OH excluding ortho intramolecular Hbond substituents is 1. The molecule has 0 bridgehead atoms. The number of aryl methyl sites for hydroxylation is 1. The third-order valence-corrected chi connectivity index (χ3v) is 3.89. The van der Waals surface area contributed by atoms with E-state index in [1.165, 1.54) is 0 Å². The summed E-state index contributed by atoms with van der Waals surface area (Å²) in [7, 11) is 0. The van der Waals surface area contributed by atoms with Crippen LogP contribution in [0.1, 0.15) is 43.1 Å². The van der Waals surface area contributed by atoms with E-state index in [1.807, 2.05) is 19.9 Å². The van der Waals surface area contributed by atoms with Gasteiger partial charge in [-0.2, -0.15) is 0 Å². The molecule has 0 aliphatic carbocycles. The van der Waals surface area contributed by atoms with Crippen molar-refractivity contribution in [2.24, 2.45) is 11.8 Å². The van der Waals surface area contributed by atoms with Gasteiger partial charge in [0, 0.05) is 11.5 Å². The van der Waals surface area contributed by atoms with Gasteiger partial charge in [-0.05, 0) is 37.0 Å². The summed E-state index contributed by atoms with van der Waals surface area (Å²) in [5.74, 6) is 0.696. The molecule has 1 aliphatic rings. The lowest BCUT2D eigenvalue weighted by Crippen LogP contribution is -2.15. The van der Waals surface area contributed by atoms with Crippen molar-refractivity contribution in [1.82, 2.24) is 0 Å². The zero-order valence-corrected chi connectivity index (χ0v) is 11.4. The molecule has 98 valence electrons. The Morgan fingerprint density at radius 1 is 1.33 bits per heavy atom. The van der Waals surface area contributed by atoms with Crippen LogP contribution in [0.3, 0.4) is 0 Å². The van der Waals surface area contributed by atoms with E-state index in [0.29, 0.717) is 12.3 Å². The van der Waals surface area contributed by atoms with E-state index in [2.05, 4.69) is 13.8 Å². The van der Waals surface area contributed by atoms with Crippen molar-refractivity contribution in [3.8, 4) is 5.75 Å². The van der Waals surface area contributed by atoms with Crippen LogP contribution in [0.4, 0.5) is 0 Å². The van der Waals surface area contributed by atoms with E-state index in [1.54, 1.807) is 6.07 Å². The Morgan fingerprint density at radius 3 is 2.61 bits per heavy atom. The Kier molecular flexibility index (Phi) is 3.33. The maximum atomic E-state index is 11.6. The number of aromatic hydroxyl groups is 1. The summed E-state index contributed by atoms with van der Waals surface area (Å²) in [5, 5.41) is 9.84. The summed E-state index contributed by atoms with van der Waals surface area (Å²) >= 11 is 0. The van der Waals surface area contributed by atoms with Crippen LogP contribution >= 0.6 is 0 Å². The number of carbonyl (C=O) groups is 1. The molecule has 3 nitrogen and oxygen atoms in total. The maximum Gasteiger partial charge on any atom is 0.306 e. The molecule has 1 aliphatic heterocycles. The van der Waals surface area contributed by atoms with Gasteiger partial charge in [-0.3, -0.25) is 4.79 Å². The number of hydrogen-bond donors (Lipinski definition) is 1. The third-order valence-electron chi connectivity index (χ3n) is 3.89. The minimum atomic E-state index is -0.218. The second kappa shape index (κ2) is 4.63. The molecule has 0 spiro atoms. The molecule has 2 atom stereocenters. The van der Waals surface area contributed by atoms with Gasteiger partial charge in [0.05, 0.1) is 6.42 Å². The number of hydrogen-bond acceptors (Lipinski definition) is 3. The Morgan fingerprint density at radius 2 is 2.00 bits per heavy atom. The van der Waals surface area contributed by atoms with Gasteiger partial charge in [0.2, 0.25) is 0 Å². The Bertz CT molecular complexity index is 477. The van der Waals surface area contributed by atoms with Crippen LogP contribution in [0, 0.1) is 25.7 Å². The highest BCUT2D eigenvalue weighted by Crippen LogP contribution is 2.43. The van der Waals surface area contributed by atoms with Gasteiger partial charge < -0.3 is 9.84 Å². The third kappa shape index (κ3) is 2.09. The molecule has 1 N–H and O–H groups in total. The van der Waals surface area contributed by atoms with Crippen molar-refractivity contribution in [1.29, 1.82) is 0 Å². The number of carbonyl (C=O) groups excluding carboxylic acids is 1. The van der Waals surface area contributed by atoms with E-state index in [9.17, 15) is 9.90 Å². The zero-order chi connectivity index (χ0) is 13.4. The van der Waals surface area contributed by atoms with Gasteiger partial charge >= 0.3 is 5.97 Å². The Hall–Kier alpha value is -1.51. The lowest BCUT2D eigenvalue weighted by atomic mass is 9.83. The van der Waals surface area contributed by atoms with Crippen molar-refractivity contribution in [3.63, 3.8) is 0 Å². The van der Waals surface area contributed by atoms with Crippen molar-refractivity contribution in [3.05, 3.63) is 28.8 Å². The smallest absolute Gasteiger partial charge is 0.306 e. The second-order valence-corrected chi connectivity index (χ2v) is 5.46. The molecular weight excluding hydrogens is 228 g/mol. The standard InChI is InChI=1S/C15H20O3/c1-8(2)11-7-13(17)18-15(11)14-9(3)5-6-12(16)10(14)4/h5-6,8,11,15-16H,7H2,1-4H3/t11-,15+/m1/s1. The summed E-state index contributed by atoms with van der Waals surface area (Å²) in [6.45, 7) is 8.08. The molecule has 0 amide bonds. The first-order valence-electron chi connectivity index (χ1n) is 6.40. The molecule has 1 saturated heterocycles. The predicted octanol–water partition coefficient (Wildman–Crippen LogP) is 3.27. The number of phenols is 1. The molecular formula is C15H20O3. The lowest BCUT2D eigenvalue weighted by molar-refractivity contribution is -0.141. The monoisotopic (exact) mass is 248 g/mol. The number of benzene rings is 1. The highest BCUT2D eigenvalue weighted by molar-refractivity contribution is 5.73. The van der Waals surface area contributed by atoms with Gasteiger partial charge in [-0.25, -0.2) is 0 Å². The van der Waals surface area contributed by atoms with Crippen LogP contribution in [0.5, 0.6) is 5.75 Å². The fourth-order valence-corrected chi connectivity index (χ4v) is 2.73. The maximum absolute atomic E-state index is 11.6. The normalized spacial score (nSPS) is 23.5. The second-order valence-electron chi connectivity index (χ2n) is 5.46. The molecule has 1 aromatic rings. The summed E-state index contributed by atoms with van der Waals surface area (Å²) in [6, 6.07) is 3.57. The molecule has 3 heteroatoms. The highest BCUT2D eigenvalue weighted by Gasteiger charge is 2.39. The minimum absolute atomic E-state index is 0.138. The quantitative estimate of drug-likeness (QED) is 0.817. The molecule has 0 aromatic heterocycles. The van der Waals surface area contributed by atoms with Gasteiger partial charge in [-0.15, -0.1) is 0 Å². The zero-order valence-electron chi connectivity index (χ0n) is 11.4. The fourth-order valence-electron chi connectivity index (χ4n) is 2.73. The van der Waals surface area contributed by atoms with Crippen LogP contribution in [0.15, 0.2) is 12.1 Å². The van der Waals surface area contributed by atoms with Crippen molar-refractivity contribution in [2.45, 2.75) is 40.2 Å². The first-order valence-corrected chi connectivity index (χ1v) is 6.40. The van der Waals surface area contributed by atoms with Gasteiger partial charge in [-0.1, -0.05) is 19.9 Å². The largest absolute Gasteiger partial charge is 0.508 e. The fraction of sp³-hybridized carbons (Fsp3) is 0.533. The molecule has 0 radical (unpaired) electrons. The molecule has 0 saturated carbocycles. The summed E-state index contributed by atoms with van der Waals surface area (Å²) in [5.41, 5.74) is 2.86. The number of rotatable bonds is 2. The van der Waals surface area contributed by atoms with E-state index in [4.69, 9.17) is 4.74 Å². The predicted molar refractivity (Wildman–Crippen MR) is 69.4 cm³/mol. The first-order chi connectivity index (χ1) is 8.41. The molecule has 1 aromatic carbocycles. The van der Waals surface area contributed by atoms with Gasteiger partial charge in [0.15, 0.2) is 0 Å². The first kappa shape index (κ1) is 12.9. The van der Waals surface area contributed by atoms with Crippen molar-refractivity contribution in [2.75, 3.05) is 0 Å². The molecule has 2 rings (SSSR count). The number of esters is 1. The molecule has 0 unspecified atom stereocenters. The summed E-state index contributed by atoms with van der Waals surface area (Å²) < 4.78 is 5.49. The topological polar surface area (TPSA) is 46.5 Å².